The Morgan fingerprint density at radius 1 is 1.27 bits per heavy atom. The van der Waals surface area contributed by atoms with Crippen molar-refractivity contribution < 1.29 is 9.66 Å². The van der Waals surface area contributed by atoms with Crippen LogP contribution < -0.4 is 10.1 Å². The second-order valence-electron chi connectivity index (χ2n) is 5.60. The van der Waals surface area contributed by atoms with Crippen molar-refractivity contribution >= 4 is 27.3 Å². The minimum Gasteiger partial charge on any atom is -0.492 e. The van der Waals surface area contributed by atoms with Crippen LogP contribution in [0.3, 0.4) is 0 Å². The zero-order valence-corrected chi connectivity index (χ0v) is 16.2. The monoisotopic (exact) mass is 420 g/mol. The van der Waals surface area contributed by atoms with E-state index in [1.165, 1.54) is 37.8 Å². The van der Waals surface area contributed by atoms with Gasteiger partial charge in [0.05, 0.1) is 16.0 Å². The number of ether oxygens (including phenoxy) is 1. The Morgan fingerprint density at radius 2 is 1.92 bits per heavy atom. The SMILES string of the molecule is CCCCCCCCOc1cc(NC=C(C#N)C#N)c([N+](=O)[O-])cc1Br. The number of nitrogens with one attached hydrogen (secondary N) is 1. The number of hydrogen-bond acceptors (Lipinski definition) is 6. The van der Waals surface area contributed by atoms with E-state index in [1.54, 1.807) is 12.1 Å². The third-order valence-electron chi connectivity index (χ3n) is 3.62. The van der Waals surface area contributed by atoms with Gasteiger partial charge in [-0.1, -0.05) is 39.0 Å². The lowest BCUT2D eigenvalue weighted by Gasteiger charge is -2.11. The molecule has 0 unspecified atom stereocenters. The quantitative estimate of drug-likeness (QED) is 0.220. The average Bonchev–Trinajstić information content (AvgIpc) is 2.63. The molecule has 0 aliphatic carbocycles. The Labute approximate surface area is 161 Å². The van der Waals surface area contributed by atoms with Gasteiger partial charge in [-0.25, -0.2) is 0 Å². The number of benzene rings is 1. The van der Waals surface area contributed by atoms with Gasteiger partial charge in [0.1, 0.15) is 29.1 Å². The van der Waals surface area contributed by atoms with Crippen LogP contribution in [0.4, 0.5) is 11.4 Å². The van der Waals surface area contributed by atoms with Gasteiger partial charge in [0, 0.05) is 18.3 Å². The molecule has 7 nitrogen and oxygen atoms in total. The van der Waals surface area contributed by atoms with Gasteiger partial charge < -0.3 is 10.1 Å². The predicted octanol–water partition coefficient (Wildman–Crippen LogP) is 5.44. The minimum atomic E-state index is -0.545. The number of rotatable bonds is 11. The van der Waals surface area contributed by atoms with E-state index >= 15 is 0 Å². The lowest BCUT2D eigenvalue weighted by Crippen LogP contribution is -2.02. The van der Waals surface area contributed by atoms with Crippen LogP contribution in [0.1, 0.15) is 45.4 Å². The molecule has 0 amide bonds. The molecule has 1 N–H and O–H groups in total. The summed E-state index contributed by atoms with van der Waals surface area (Å²) in [5.74, 6) is 0.468. The number of unbranched alkanes of at least 4 members (excludes halogenated alkanes) is 5. The Balaban J connectivity index is 2.79. The molecule has 0 fully saturated rings. The van der Waals surface area contributed by atoms with Crippen molar-refractivity contribution in [2.75, 3.05) is 11.9 Å². The zero-order valence-electron chi connectivity index (χ0n) is 14.6. The highest BCUT2D eigenvalue weighted by Gasteiger charge is 2.18. The van der Waals surface area contributed by atoms with Crippen LogP contribution in [-0.4, -0.2) is 11.5 Å². The Kier molecular flexibility index (Phi) is 9.81. The predicted molar refractivity (Wildman–Crippen MR) is 103 cm³/mol. The van der Waals surface area contributed by atoms with Gasteiger partial charge in [0.2, 0.25) is 0 Å². The number of nitriles is 2. The number of allylic oxidation sites excluding steroid dienone is 1. The fourth-order valence-electron chi connectivity index (χ4n) is 2.22. The summed E-state index contributed by atoms with van der Waals surface area (Å²) in [6, 6.07) is 6.20. The summed E-state index contributed by atoms with van der Waals surface area (Å²) in [7, 11) is 0. The highest BCUT2D eigenvalue weighted by atomic mass is 79.9. The second kappa shape index (κ2) is 11.9. The molecule has 0 saturated carbocycles. The maximum Gasteiger partial charge on any atom is 0.294 e. The smallest absolute Gasteiger partial charge is 0.294 e. The molecule has 0 aromatic heterocycles. The summed E-state index contributed by atoms with van der Waals surface area (Å²) in [6.07, 6.45) is 7.95. The van der Waals surface area contributed by atoms with E-state index in [2.05, 4.69) is 28.2 Å². The Bertz CT molecular complexity index is 719. The van der Waals surface area contributed by atoms with E-state index in [4.69, 9.17) is 15.3 Å². The number of hydrogen-bond donors (Lipinski definition) is 1. The molecule has 26 heavy (non-hydrogen) atoms. The second-order valence-corrected chi connectivity index (χ2v) is 6.45. The first-order chi connectivity index (χ1) is 12.5. The molecule has 8 heteroatoms. The van der Waals surface area contributed by atoms with Crippen LogP contribution in [0.15, 0.2) is 28.4 Å². The van der Waals surface area contributed by atoms with Crippen LogP contribution in [-0.2, 0) is 0 Å². The van der Waals surface area contributed by atoms with Crippen LogP contribution in [0.25, 0.3) is 0 Å². The highest BCUT2D eigenvalue weighted by Crippen LogP contribution is 2.36. The lowest BCUT2D eigenvalue weighted by atomic mass is 10.1. The molecule has 0 bridgehead atoms. The molecule has 138 valence electrons. The van der Waals surface area contributed by atoms with E-state index in [0.717, 1.165) is 19.0 Å². The average molecular weight is 421 g/mol. The molecule has 0 atom stereocenters. The van der Waals surface area contributed by atoms with E-state index in [1.807, 2.05) is 0 Å². The standard InChI is InChI=1S/C18H21BrN4O3/c1-2-3-4-5-6-7-8-26-18-10-16(22-13-14(11-20)12-21)17(23(24)25)9-15(18)19/h9-10,13,22H,2-8H2,1H3. The number of anilines is 1. The van der Waals surface area contributed by atoms with Crippen molar-refractivity contribution in [1.29, 1.82) is 10.5 Å². The molecular formula is C18H21BrN4O3. The molecule has 1 rings (SSSR count). The first-order valence-corrected chi connectivity index (χ1v) is 9.20. The summed E-state index contributed by atoms with van der Waals surface area (Å²) >= 11 is 3.28. The third-order valence-corrected chi connectivity index (χ3v) is 4.23. The maximum atomic E-state index is 11.2. The van der Waals surface area contributed by atoms with Crippen molar-refractivity contribution in [3.63, 3.8) is 0 Å². The number of nitro groups is 1. The normalized spacial score (nSPS) is 9.69. The molecule has 0 spiro atoms. The lowest BCUT2D eigenvalue weighted by molar-refractivity contribution is -0.384. The number of halogens is 1. The highest BCUT2D eigenvalue weighted by molar-refractivity contribution is 9.10. The van der Waals surface area contributed by atoms with Crippen molar-refractivity contribution in [2.45, 2.75) is 45.4 Å². The summed E-state index contributed by atoms with van der Waals surface area (Å²) in [6.45, 7) is 2.69. The molecule has 0 aliphatic heterocycles. The van der Waals surface area contributed by atoms with Gasteiger partial charge in [0.15, 0.2) is 0 Å². The van der Waals surface area contributed by atoms with Gasteiger partial charge in [0.25, 0.3) is 5.69 Å². The van der Waals surface area contributed by atoms with Crippen LogP contribution in [0, 0.1) is 32.8 Å². The molecule has 1 aromatic carbocycles. The van der Waals surface area contributed by atoms with Gasteiger partial charge in [-0.2, -0.15) is 10.5 Å². The molecular weight excluding hydrogens is 400 g/mol. The molecule has 0 saturated heterocycles. The zero-order chi connectivity index (χ0) is 19.4. The van der Waals surface area contributed by atoms with E-state index in [0.29, 0.717) is 16.8 Å². The topological polar surface area (TPSA) is 112 Å². The number of nitro benzene ring substituents is 1. The van der Waals surface area contributed by atoms with Crippen molar-refractivity contribution in [3.8, 4) is 17.9 Å². The molecule has 0 heterocycles. The number of nitrogens with zero attached hydrogens (tertiary/aromatic N) is 3. The summed E-state index contributed by atoms with van der Waals surface area (Å²) < 4.78 is 6.20. The summed E-state index contributed by atoms with van der Waals surface area (Å²) in [5, 5.41) is 31.4. The largest absolute Gasteiger partial charge is 0.492 e. The van der Waals surface area contributed by atoms with Crippen LogP contribution in [0.5, 0.6) is 5.75 Å². The molecule has 0 aliphatic rings. The van der Waals surface area contributed by atoms with E-state index < -0.39 is 4.92 Å². The minimum absolute atomic E-state index is 0.152. The summed E-state index contributed by atoms with van der Waals surface area (Å²) in [4.78, 5) is 10.7. The fraction of sp³-hybridized carbons (Fsp3) is 0.444. The van der Waals surface area contributed by atoms with E-state index in [-0.39, 0.29) is 16.9 Å². The molecule has 1 aromatic rings. The first kappa shape index (κ1) is 21.5. The van der Waals surface area contributed by atoms with Gasteiger partial charge >= 0.3 is 0 Å². The first-order valence-electron chi connectivity index (χ1n) is 8.41. The molecule has 0 radical (unpaired) electrons. The van der Waals surface area contributed by atoms with Gasteiger partial charge in [-0.15, -0.1) is 0 Å². The van der Waals surface area contributed by atoms with E-state index in [9.17, 15) is 10.1 Å². The Morgan fingerprint density at radius 3 is 2.54 bits per heavy atom. The van der Waals surface area contributed by atoms with Crippen molar-refractivity contribution in [3.05, 3.63) is 38.5 Å². The van der Waals surface area contributed by atoms with Crippen LogP contribution in [0.2, 0.25) is 0 Å². The van der Waals surface area contributed by atoms with Crippen molar-refractivity contribution in [2.24, 2.45) is 0 Å². The van der Waals surface area contributed by atoms with Gasteiger partial charge in [-0.3, -0.25) is 10.1 Å². The third kappa shape index (κ3) is 7.12. The van der Waals surface area contributed by atoms with Crippen molar-refractivity contribution in [1.82, 2.24) is 0 Å². The van der Waals surface area contributed by atoms with Crippen LogP contribution >= 0.6 is 15.9 Å². The summed E-state index contributed by atoms with van der Waals surface area (Å²) in [5.41, 5.74) is -0.216. The van der Waals surface area contributed by atoms with Gasteiger partial charge in [-0.05, 0) is 22.4 Å². The fourth-order valence-corrected chi connectivity index (χ4v) is 2.67. The Hall–Kier alpha value is -2.58. The maximum absolute atomic E-state index is 11.2.